The zero-order valence-corrected chi connectivity index (χ0v) is 11.1. The minimum Gasteiger partial charge on any atom is -0.324 e. The maximum atomic E-state index is 11.6. The Morgan fingerprint density at radius 1 is 1.24 bits per heavy atom. The zero-order valence-electron chi connectivity index (χ0n) is 11.1. The van der Waals surface area contributed by atoms with Gasteiger partial charge in [0.1, 0.15) is 0 Å². The Hall–Kier alpha value is -3.14. The zero-order chi connectivity index (χ0) is 14.7. The van der Waals surface area contributed by atoms with Crippen LogP contribution in [0.4, 0.5) is 11.5 Å². The number of nitrogens with zero attached hydrogens (tertiary/aromatic N) is 5. The number of fused-ring (bicyclic) bond motifs is 1. The van der Waals surface area contributed by atoms with E-state index in [-0.39, 0.29) is 5.69 Å². The van der Waals surface area contributed by atoms with Crippen LogP contribution in [-0.4, -0.2) is 26.4 Å². The van der Waals surface area contributed by atoms with Crippen molar-refractivity contribution in [2.45, 2.75) is 6.42 Å². The molecule has 7 nitrogen and oxygen atoms in total. The van der Waals surface area contributed by atoms with Gasteiger partial charge in [-0.2, -0.15) is 14.9 Å². The van der Waals surface area contributed by atoms with Gasteiger partial charge in [-0.3, -0.25) is 0 Å². The molecule has 1 N–H and O–H groups in total. The Morgan fingerprint density at radius 3 is 2.81 bits per heavy atom. The quantitative estimate of drug-likeness (QED) is 0.781. The molecule has 1 aromatic carbocycles. The van der Waals surface area contributed by atoms with Crippen LogP contribution in [0.5, 0.6) is 0 Å². The van der Waals surface area contributed by atoms with Gasteiger partial charge in [-0.25, -0.2) is 9.89 Å². The average molecular weight is 280 g/mol. The summed E-state index contributed by atoms with van der Waals surface area (Å²) in [7, 11) is 0. The number of aromatic amines is 1. The number of nitrogens with one attached hydrogen (secondary N) is 1. The molecule has 0 aliphatic heterocycles. The Bertz CT molecular complexity index is 845. The van der Waals surface area contributed by atoms with Gasteiger partial charge in [-0.05, 0) is 24.3 Å². The van der Waals surface area contributed by atoms with Gasteiger partial charge in [0.05, 0.1) is 12.5 Å². The molecule has 0 radical (unpaired) electrons. The van der Waals surface area contributed by atoms with Crippen molar-refractivity contribution in [3.63, 3.8) is 0 Å². The second kappa shape index (κ2) is 5.46. The number of nitriles is 1. The first-order valence-electron chi connectivity index (χ1n) is 6.43. The van der Waals surface area contributed by atoms with Gasteiger partial charge in [0, 0.05) is 12.2 Å². The third-order valence-electron chi connectivity index (χ3n) is 3.05. The van der Waals surface area contributed by atoms with Crippen LogP contribution in [0.15, 0.2) is 47.3 Å². The molecule has 0 saturated carbocycles. The highest BCUT2D eigenvalue weighted by molar-refractivity contribution is 5.60. The molecule has 0 atom stereocenters. The summed E-state index contributed by atoms with van der Waals surface area (Å²) < 4.78 is 1.21. The lowest BCUT2D eigenvalue weighted by molar-refractivity contribution is 0.838. The van der Waals surface area contributed by atoms with Crippen LogP contribution in [0, 0.1) is 11.3 Å². The van der Waals surface area contributed by atoms with Crippen LogP contribution in [-0.2, 0) is 0 Å². The van der Waals surface area contributed by atoms with E-state index in [1.807, 2.05) is 35.2 Å². The maximum absolute atomic E-state index is 11.6. The smallest absolute Gasteiger partial charge is 0.324 e. The average Bonchev–Trinajstić information content (AvgIpc) is 2.90. The fraction of sp³-hybridized carbons (Fsp3) is 0.143. The van der Waals surface area contributed by atoms with E-state index in [2.05, 4.69) is 21.4 Å². The number of para-hydroxylation sites is 1. The van der Waals surface area contributed by atoms with Crippen molar-refractivity contribution in [3.8, 4) is 6.07 Å². The summed E-state index contributed by atoms with van der Waals surface area (Å²) in [5, 5.41) is 19.3. The van der Waals surface area contributed by atoms with Crippen molar-refractivity contribution >= 4 is 17.2 Å². The predicted molar refractivity (Wildman–Crippen MR) is 77.3 cm³/mol. The Kier molecular flexibility index (Phi) is 3.35. The van der Waals surface area contributed by atoms with E-state index < -0.39 is 0 Å². The van der Waals surface area contributed by atoms with E-state index in [0.29, 0.717) is 24.4 Å². The van der Waals surface area contributed by atoms with E-state index in [4.69, 9.17) is 5.26 Å². The second-order valence-corrected chi connectivity index (χ2v) is 4.39. The topological polar surface area (TPSA) is 90.1 Å². The molecule has 104 valence electrons. The standard InChI is InChI=1S/C14H12N6O/c15-9-4-10-19(11-5-2-1-3-6-11)13-8-7-12-16-17-14(21)20(12)18-13/h1-3,5-8H,4,10H2,(H,17,21). The molecule has 3 rings (SSSR count). The largest absolute Gasteiger partial charge is 0.364 e. The highest BCUT2D eigenvalue weighted by Crippen LogP contribution is 2.23. The number of hydrogen-bond acceptors (Lipinski definition) is 5. The molecule has 0 spiro atoms. The first-order valence-corrected chi connectivity index (χ1v) is 6.43. The summed E-state index contributed by atoms with van der Waals surface area (Å²) in [6.45, 7) is 0.492. The van der Waals surface area contributed by atoms with E-state index in [1.54, 1.807) is 12.1 Å². The van der Waals surface area contributed by atoms with Crippen LogP contribution in [0.25, 0.3) is 5.65 Å². The maximum Gasteiger partial charge on any atom is 0.364 e. The number of benzene rings is 1. The molecule has 0 aliphatic carbocycles. The molecule has 0 unspecified atom stereocenters. The first-order chi connectivity index (χ1) is 10.3. The third kappa shape index (κ3) is 2.47. The van der Waals surface area contributed by atoms with Gasteiger partial charge < -0.3 is 4.90 Å². The monoisotopic (exact) mass is 280 g/mol. The summed E-state index contributed by atoms with van der Waals surface area (Å²) in [5.41, 5.74) is 0.980. The fourth-order valence-electron chi connectivity index (χ4n) is 2.08. The van der Waals surface area contributed by atoms with Crippen molar-refractivity contribution in [1.29, 1.82) is 5.26 Å². The molecule has 0 amide bonds. The van der Waals surface area contributed by atoms with E-state index in [1.165, 1.54) is 4.52 Å². The molecule has 0 aliphatic rings. The second-order valence-electron chi connectivity index (χ2n) is 4.39. The van der Waals surface area contributed by atoms with Crippen molar-refractivity contribution in [1.82, 2.24) is 19.8 Å². The number of H-pyrrole nitrogens is 1. The molecule has 0 bridgehead atoms. The third-order valence-corrected chi connectivity index (χ3v) is 3.05. The molecule has 21 heavy (non-hydrogen) atoms. The number of rotatable bonds is 4. The van der Waals surface area contributed by atoms with Gasteiger partial charge in [0.15, 0.2) is 11.5 Å². The molecule has 0 fully saturated rings. The van der Waals surface area contributed by atoms with Crippen LogP contribution >= 0.6 is 0 Å². The summed E-state index contributed by atoms with van der Waals surface area (Å²) >= 11 is 0. The number of hydrogen-bond donors (Lipinski definition) is 1. The van der Waals surface area contributed by atoms with Crippen molar-refractivity contribution in [2.75, 3.05) is 11.4 Å². The molecular formula is C14H12N6O. The summed E-state index contributed by atoms with van der Waals surface area (Å²) in [4.78, 5) is 13.5. The van der Waals surface area contributed by atoms with Crippen LogP contribution in [0.3, 0.4) is 0 Å². The van der Waals surface area contributed by atoms with Gasteiger partial charge in [0.2, 0.25) is 0 Å². The summed E-state index contributed by atoms with van der Waals surface area (Å²) in [5.74, 6) is 0.590. The summed E-state index contributed by atoms with van der Waals surface area (Å²) in [6, 6.07) is 15.2. The highest BCUT2D eigenvalue weighted by atomic mass is 16.2. The van der Waals surface area contributed by atoms with Gasteiger partial charge >= 0.3 is 5.69 Å². The van der Waals surface area contributed by atoms with Gasteiger partial charge in [0.25, 0.3) is 0 Å². The molecule has 2 heterocycles. The normalized spacial score (nSPS) is 10.4. The lowest BCUT2D eigenvalue weighted by Gasteiger charge is -2.22. The highest BCUT2D eigenvalue weighted by Gasteiger charge is 2.12. The molecule has 2 aromatic heterocycles. The van der Waals surface area contributed by atoms with E-state index >= 15 is 0 Å². The lowest BCUT2D eigenvalue weighted by Crippen LogP contribution is -2.22. The van der Waals surface area contributed by atoms with Crippen molar-refractivity contribution < 1.29 is 0 Å². The molecule has 3 aromatic rings. The number of aromatic nitrogens is 4. The molecule has 0 saturated heterocycles. The molecular weight excluding hydrogens is 268 g/mol. The van der Waals surface area contributed by atoms with Crippen LogP contribution < -0.4 is 10.6 Å². The minimum atomic E-state index is -0.389. The minimum absolute atomic E-state index is 0.356. The Labute approximate surface area is 120 Å². The number of anilines is 2. The van der Waals surface area contributed by atoms with Crippen LogP contribution in [0.2, 0.25) is 0 Å². The summed E-state index contributed by atoms with van der Waals surface area (Å²) in [6.07, 6.45) is 0.356. The Balaban J connectivity index is 2.07. The SMILES string of the molecule is N#CCCN(c1ccccc1)c1ccc2n[nH]c(=O)n2n1. The van der Waals surface area contributed by atoms with Crippen molar-refractivity contribution in [3.05, 3.63) is 52.9 Å². The first kappa shape index (κ1) is 12.9. The fourth-order valence-corrected chi connectivity index (χ4v) is 2.08. The predicted octanol–water partition coefficient (Wildman–Crippen LogP) is 1.47. The van der Waals surface area contributed by atoms with Crippen LogP contribution in [0.1, 0.15) is 6.42 Å². The molecule has 7 heteroatoms. The lowest BCUT2D eigenvalue weighted by atomic mass is 10.2. The van der Waals surface area contributed by atoms with Gasteiger partial charge in [-0.15, -0.1) is 5.10 Å². The van der Waals surface area contributed by atoms with E-state index in [9.17, 15) is 4.79 Å². The van der Waals surface area contributed by atoms with Gasteiger partial charge in [-0.1, -0.05) is 18.2 Å². The Morgan fingerprint density at radius 2 is 2.05 bits per heavy atom. The van der Waals surface area contributed by atoms with Crippen molar-refractivity contribution in [2.24, 2.45) is 0 Å². The van der Waals surface area contributed by atoms with E-state index in [0.717, 1.165) is 5.69 Å².